The summed E-state index contributed by atoms with van der Waals surface area (Å²) in [7, 11) is 2.91. The van der Waals surface area contributed by atoms with Gasteiger partial charge < -0.3 is 34.6 Å². The molecule has 0 saturated carbocycles. The number of aromatic amines is 2. The van der Waals surface area contributed by atoms with E-state index in [0.29, 0.717) is 25.6 Å². The summed E-state index contributed by atoms with van der Waals surface area (Å²) in [6.07, 6.45) is 8.16. The number of benzene rings is 2. The lowest BCUT2D eigenvalue weighted by Gasteiger charge is -2.30. The van der Waals surface area contributed by atoms with Gasteiger partial charge in [-0.1, -0.05) is 58.0 Å². The zero-order valence-corrected chi connectivity index (χ0v) is 33.4. The summed E-state index contributed by atoms with van der Waals surface area (Å²) in [4.78, 5) is 68.8. The molecule has 0 spiro atoms. The summed E-state index contributed by atoms with van der Waals surface area (Å²) in [6.45, 7) is 9.48. The van der Waals surface area contributed by atoms with Crippen LogP contribution in [0, 0.1) is 11.8 Å². The van der Waals surface area contributed by atoms with Gasteiger partial charge in [-0.15, -0.1) is 0 Å². The lowest BCUT2D eigenvalue weighted by molar-refractivity contribution is -0.136. The van der Waals surface area contributed by atoms with Crippen LogP contribution in [-0.2, 0) is 19.1 Å². The normalized spacial score (nSPS) is 18.1. The van der Waals surface area contributed by atoms with Gasteiger partial charge in [-0.25, -0.2) is 19.7 Å². The lowest BCUT2D eigenvalue weighted by atomic mass is 10.0. The highest BCUT2D eigenvalue weighted by Gasteiger charge is 2.38. The molecule has 3 amide bonds. The molecule has 15 nitrogen and oxygen atoms in total. The summed E-state index contributed by atoms with van der Waals surface area (Å²) in [5, 5.41) is 5.93. The number of rotatable bonds is 13. The summed E-state index contributed by atoms with van der Waals surface area (Å²) in [5.74, 6) is 1.43. The monoisotopic (exact) mass is 776 g/mol. The van der Waals surface area contributed by atoms with Crippen LogP contribution in [-0.4, -0.2) is 104 Å². The van der Waals surface area contributed by atoms with Gasteiger partial charge in [-0.05, 0) is 55.2 Å². The topological polar surface area (TPSA) is 183 Å². The second-order valence-electron chi connectivity index (χ2n) is 15.5. The van der Waals surface area contributed by atoms with Crippen LogP contribution in [0.1, 0.15) is 77.1 Å². The van der Waals surface area contributed by atoms with Crippen molar-refractivity contribution in [1.29, 1.82) is 0 Å². The predicted octanol–water partition coefficient (Wildman–Crippen LogP) is 6.00. The fourth-order valence-electron chi connectivity index (χ4n) is 7.91. The van der Waals surface area contributed by atoms with Crippen molar-refractivity contribution < 1.29 is 23.9 Å². The number of hydrogen-bond acceptors (Lipinski definition) is 10. The zero-order valence-electron chi connectivity index (χ0n) is 33.4. The molecule has 57 heavy (non-hydrogen) atoms. The molecule has 4 N–H and O–H groups in total. The molecule has 2 aliphatic rings. The Hall–Kier alpha value is -5.67. The zero-order chi connectivity index (χ0) is 40.2. The summed E-state index contributed by atoms with van der Waals surface area (Å²) in [6, 6.07) is 12.7. The highest BCUT2D eigenvalue weighted by molar-refractivity contribution is 5.87. The van der Waals surface area contributed by atoms with Crippen LogP contribution in [0.4, 0.5) is 4.79 Å². The van der Waals surface area contributed by atoms with Gasteiger partial charge in [-0.3, -0.25) is 19.9 Å². The molecule has 4 unspecified atom stereocenters. The van der Waals surface area contributed by atoms with E-state index in [4.69, 9.17) is 24.4 Å². The van der Waals surface area contributed by atoms with Crippen LogP contribution in [0.15, 0.2) is 61.1 Å². The van der Waals surface area contributed by atoms with Gasteiger partial charge in [0.15, 0.2) is 0 Å². The molecule has 2 aliphatic heterocycles. The van der Waals surface area contributed by atoms with Gasteiger partial charge in [-0.2, -0.15) is 0 Å². The number of nitrogens with one attached hydrogen (secondary N) is 4. The Morgan fingerprint density at radius 3 is 1.88 bits per heavy atom. The smallest absolute Gasteiger partial charge is 0.407 e. The standard InChI is InChI=1S/C42H52N10O5/c1-24(2)36(46-23-56-5)40(53)51-17-7-9-34(51)38-44-21-32(48-38)27-13-11-26(12-14-27)31-20-43-30-19-28(15-16-29(30)47-31)33-22-45-39(49-33)35-10-8-18-52(35)41(54)37(25(3)4)50-42(55)57-6/h11-16,19-22,24-25,34-37,46H,7-10,17-18,23H2,1-6H3,(H,44,48)(H,45,49)(H,50,55). The Kier molecular flexibility index (Phi) is 12.0. The number of hydrogen-bond donors (Lipinski definition) is 4. The van der Waals surface area contributed by atoms with E-state index < -0.39 is 12.1 Å². The number of H-pyrrole nitrogens is 2. The van der Waals surface area contributed by atoms with Crippen molar-refractivity contribution in [2.24, 2.45) is 11.8 Å². The maximum Gasteiger partial charge on any atom is 0.407 e. The summed E-state index contributed by atoms with van der Waals surface area (Å²) >= 11 is 0. The van der Waals surface area contributed by atoms with Crippen molar-refractivity contribution in [1.82, 2.24) is 50.3 Å². The molecule has 0 bridgehead atoms. The molecule has 2 aromatic carbocycles. The van der Waals surface area contributed by atoms with E-state index in [1.54, 1.807) is 24.4 Å². The van der Waals surface area contributed by atoms with Crippen LogP contribution in [0.5, 0.6) is 0 Å². The van der Waals surface area contributed by atoms with Crippen LogP contribution in [0.3, 0.4) is 0 Å². The van der Waals surface area contributed by atoms with Crippen molar-refractivity contribution in [3.63, 3.8) is 0 Å². The van der Waals surface area contributed by atoms with E-state index in [0.717, 1.165) is 76.3 Å². The minimum absolute atomic E-state index is 0.0730. The number of methoxy groups -OCH3 is 2. The van der Waals surface area contributed by atoms with Crippen molar-refractivity contribution in [2.75, 3.05) is 34.0 Å². The van der Waals surface area contributed by atoms with E-state index in [1.807, 2.05) is 81.3 Å². The average Bonchev–Trinajstić information content (AvgIpc) is 4.06. The highest BCUT2D eigenvalue weighted by Crippen LogP contribution is 2.35. The number of alkyl carbamates (subject to hydrolysis) is 1. The van der Waals surface area contributed by atoms with Crippen molar-refractivity contribution in [3.05, 3.63) is 72.7 Å². The molecule has 4 atom stereocenters. The van der Waals surface area contributed by atoms with Gasteiger partial charge in [0.25, 0.3) is 0 Å². The highest BCUT2D eigenvalue weighted by atomic mass is 16.5. The third kappa shape index (κ3) is 8.40. The van der Waals surface area contributed by atoms with Crippen LogP contribution >= 0.6 is 0 Å². The van der Waals surface area contributed by atoms with Crippen LogP contribution in [0.25, 0.3) is 44.8 Å². The Bertz CT molecular complexity index is 2200. The van der Waals surface area contributed by atoms with Crippen molar-refractivity contribution in [2.45, 2.75) is 77.5 Å². The van der Waals surface area contributed by atoms with Crippen molar-refractivity contribution in [3.8, 4) is 33.8 Å². The molecule has 3 aromatic heterocycles. The largest absolute Gasteiger partial charge is 0.453 e. The number of ether oxygens (including phenoxy) is 2. The molecular weight excluding hydrogens is 725 g/mol. The van der Waals surface area contributed by atoms with Gasteiger partial charge in [0, 0.05) is 31.3 Å². The van der Waals surface area contributed by atoms with Crippen molar-refractivity contribution >= 4 is 28.9 Å². The lowest BCUT2D eigenvalue weighted by Crippen LogP contribution is -2.51. The first-order valence-corrected chi connectivity index (χ1v) is 19.7. The number of nitrogens with zero attached hydrogens (tertiary/aromatic N) is 6. The number of carbonyl (C=O) groups is 3. The Morgan fingerprint density at radius 1 is 0.737 bits per heavy atom. The molecule has 7 rings (SSSR count). The number of carbonyl (C=O) groups excluding carboxylic acids is 3. The fraction of sp³-hybridized carbons (Fsp3) is 0.452. The predicted molar refractivity (Wildman–Crippen MR) is 215 cm³/mol. The number of aromatic nitrogens is 6. The van der Waals surface area contributed by atoms with Gasteiger partial charge in [0.2, 0.25) is 11.8 Å². The SMILES string of the molecule is COCNC(C(=O)N1CCCC1c1ncc(-c2ccc(-c3cnc4cc(-c5cnc(C6CCCN6C(=O)C(NC(=O)OC)C(C)C)[nH]5)ccc4n3)cc2)[nH]1)C(C)C. The van der Waals surface area contributed by atoms with Gasteiger partial charge >= 0.3 is 6.09 Å². The molecule has 5 heterocycles. The molecule has 0 radical (unpaired) electrons. The first-order valence-electron chi connectivity index (χ1n) is 19.7. The minimum Gasteiger partial charge on any atom is -0.453 e. The maximum absolute atomic E-state index is 13.6. The minimum atomic E-state index is -0.695. The fourth-order valence-corrected chi connectivity index (χ4v) is 7.91. The van der Waals surface area contributed by atoms with E-state index in [9.17, 15) is 14.4 Å². The van der Waals surface area contributed by atoms with E-state index in [-0.39, 0.29) is 41.8 Å². The van der Waals surface area contributed by atoms with E-state index in [2.05, 4.69) is 25.6 Å². The average molecular weight is 777 g/mol. The molecule has 2 fully saturated rings. The molecule has 300 valence electrons. The van der Waals surface area contributed by atoms with E-state index in [1.165, 1.54) is 7.11 Å². The summed E-state index contributed by atoms with van der Waals surface area (Å²) in [5.41, 5.74) is 6.78. The van der Waals surface area contributed by atoms with E-state index >= 15 is 0 Å². The maximum atomic E-state index is 13.6. The van der Waals surface area contributed by atoms with Gasteiger partial charge in [0.05, 0.1) is 78.7 Å². The van der Waals surface area contributed by atoms with Crippen LogP contribution < -0.4 is 10.6 Å². The quantitative estimate of drug-likeness (QED) is 0.104. The Balaban J connectivity index is 1.02. The summed E-state index contributed by atoms with van der Waals surface area (Å²) < 4.78 is 9.95. The first kappa shape index (κ1) is 39.6. The molecule has 0 aliphatic carbocycles. The van der Waals surface area contributed by atoms with Gasteiger partial charge in [0.1, 0.15) is 17.7 Å². The first-order chi connectivity index (χ1) is 27.6. The second kappa shape index (κ2) is 17.2. The Labute approximate surface area is 332 Å². The Morgan fingerprint density at radius 2 is 1.30 bits per heavy atom. The van der Waals surface area contributed by atoms with Crippen LogP contribution in [0.2, 0.25) is 0 Å². The third-order valence-corrected chi connectivity index (χ3v) is 11.0. The number of imidazole rings is 2. The second-order valence-corrected chi connectivity index (χ2v) is 15.5. The number of amides is 3. The molecule has 5 aromatic rings. The number of fused-ring (bicyclic) bond motifs is 1. The molecule has 2 saturated heterocycles. The molecule has 15 heteroatoms. The number of likely N-dealkylation sites (tertiary alicyclic amines) is 2. The third-order valence-electron chi connectivity index (χ3n) is 11.0. The molecular formula is C42H52N10O5.